The normalized spacial score (nSPS) is 10.8. The number of non-ortho nitro benzene ring substituents is 1. The zero-order chi connectivity index (χ0) is 24.4. The maximum absolute atomic E-state index is 13.3. The molecule has 8 nitrogen and oxygen atoms in total. The van der Waals surface area contributed by atoms with Crippen molar-refractivity contribution in [2.75, 3.05) is 12.4 Å². The maximum Gasteiger partial charge on any atom is 0.269 e. The maximum atomic E-state index is 13.3. The molecule has 5 aromatic rings. The van der Waals surface area contributed by atoms with Crippen molar-refractivity contribution in [3.8, 4) is 28.3 Å². The third-order valence-corrected chi connectivity index (χ3v) is 6.18. The summed E-state index contributed by atoms with van der Waals surface area (Å²) in [7, 11) is 1.60. The summed E-state index contributed by atoms with van der Waals surface area (Å²) >= 11 is 1.28. The van der Waals surface area contributed by atoms with Crippen LogP contribution in [0.5, 0.6) is 5.75 Å². The van der Waals surface area contributed by atoms with Crippen molar-refractivity contribution >= 4 is 39.0 Å². The van der Waals surface area contributed by atoms with E-state index < -0.39 is 4.92 Å². The van der Waals surface area contributed by atoms with Gasteiger partial charge in [-0.05, 0) is 36.4 Å². The van der Waals surface area contributed by atoms with Crippen molar-refractivity contribution in [2.45, 2.75) is 0 Å². The molecule has 0 fully saturated rings. The first-order valence-electron chi connectivity index (χ1n) is 10.6. The Kier molecular flexibility index (Phi) is 5.90. The number of nitro groups is 1. The SMILES string of the molecule is COc1cccc(-c2cc(C(=O)Nc3nc(-c4ccc([N+](=O)[O-])cc4)cs3)c3ccccc3n2)c1. The summed E-state index contributed by atoms with van der Waals surface area (Å²) in [6.45, 7) is 0. The third-order valence-electron chi connectivity index (χ3n) is 5.42. The standard InChI is InChI=1S/C26H18N4O4S/c1-34-19-6-4-5-17(13-19)23-14-21(20-7-2-3-8-22(20)27-23)25(31)29-26-28-24(15-35-26)16-9-11-18(12-10-16)30(32)33/h2-15H,1H3,(H,28,29,31). The molecule has 0 atom stereocenters. The van der Waals surface area contributed by atoms with Gasteiger partial charge in [0.15, 0.2) is 5.13 Å². The fourth-order valence-electron chi connectivity index (χ4n) is 3.68. The number of ether oxygens (including phenoxy) is 1. The van der Waals surface area contributed by atoms with Crippen LogP contribution < -0.4 is 10.1 Å². The molecule has 1 N–H and O–H groups in total. The summed E-state index contributed by atoms with van der Waals surface area (Å²) in [6, 6.07) is 22.9. The Bertz CT molecular complexity index is 1560. The molecule has 0 unspecified atom stereocenters. The van der Waals surface area contributed by atoms with Gasteiger partial charge in [-0.1, -0.05) is 30.3 Å². The number of pyridine rings is 1. The van der Waals surface area contributed by atoms with Crippen LogP contribution in [0, 0.1) is 10.1 Å². The number of nitro benzene ring substituents is 1. The van der Waals surface area contributed by atoms with Crippen molar-refractivity contribution in [1.82, 2.24) is 9.97 Å². The monoisotopic (exact) mass is 482 g/mol. The van der Waals surface area contributed by atoms with Gasteiger partial charge in [-0.15, -0.1) is 11.3 Å². The number of nitrogens with zero attached hydrogens (tertiary/aromatic N) is 3. The summed E-state index contributed by atoms with van der Waals surface area (Å²) in [4.78, 5) is 33.0. The highest BCUT2D eigenvalue weighted by Crippen LogP contribution is 2.30. The van der Waals surface area contributed by atoms with Gasteiger partial charge < -0.3 is 4.74 Å². The van der Waals surface area contributed by atoms with Gasteiger partial charge in [0.05, 0.1) is 34.5 Å². The molecule has 5 rings (SSSR count). The van der Waals surface area contributed by atoms with Gasteiger partial charge in [0.25, 0.3) is 11.6 Å². The lowest BCUT2D eigenvalue weighted by molar-refractivity contribution is -0.384. The molecule has 0 radical (unpaired) electrons. The lowest BCUT2D eigenvalue weighted by Gasteiger charge is -2.10. The van der Waals surface area contributed by atoms with Crippen LogP contribution in [-0.2, 0) is 0 Å². The van der Waals surface area contributed by atoms with Crippen LogP contribution in [0.15, 0.2) is 84.2 Å². The predicted molar refractivity (Wildman–Crippen MR) is 136 cm³/mol. The molecule has 0 aliphatic heterocycles. The Morgan fingerprint density at radius 1 is 0.943 bits per heavy atom. The first kappa shape index (κ1) is 22.2. The minimum atomic E-state index is -0.449. The molecule has 1 amide bonds. The molecular weight excluding hydrogens is 464 g/mol. The highest BCUT2D eigenvalue weighted by Gasteiger charge is 2.16. The molecular formula is C26H18N4O4S. The molecule has 0 spiro atoms. The summed E-state index contributed by atoms with van der Waals surface area (Å²) in [5.74, 6) is 0.391. The smallest absolute Gasteiger partial charge is 0.269 e. The highest BCUT2D eigenvalue weighted by atomic mass is 32.1. The topological polar surface area (TPSA) is 107 Å². The van der Waals surface area contributed by atoms with Gasteiger partial charge >= 0.3 is 0 Å². The van der Waals surface area contributed by atoms with E-state index in [0.29, 0.717) is 33.3 Å². The number of para-hydroxylation sites is 1. The number of fused-ring (bicyclic) bond motifs is 1. The van der Waals surface area contributed by atoms with Crippen molar-refractivity contribution in [3.05, 3.63) is 99.9 Å². The number of anilines is 1. The molecule has 0 saturated carbocycles. The minimum absolute atomic E-state index is 0.00825. The molecule has 172 valence electrons. The van der Waals surface area contributed by atoms with Crippen LogP contribution in [0.4, 0.5) is 10.8 Å². The summed E-state index contributed by atoms with van der Waals surface area (Å²) in [6.07, 6.45) is 0. The first-order valence-corrected chi connectivity index (χ1v) is 11.5. The van der Waals surface area contributed by atoms with E-state index in [0.717, 1.165) is 16.5 Å². The van der Waals surface area contributed by atoms with Gasteiger partial charge in [0, 0.05) is 34.0 Å². The van der Waals surface area contributed by atoms with E-state index in [9.17, 15) is 14.9 Å². The predicted octanol–water partition coefficient (Wildman–Crippen LogP) is 6.19. The van der Waals surface area contributed by atoms with E-state index in [4.69, 9.17) is 9.72 Å². The largest absolute Gasteiger partial charge is 0.497 e. The number of aromatic nitrogens is 2. The second kappa shape index (κ2) is 9.32. The molecule has 9 heteroatoms. The molecule has 2 aromatic heterocycles. The van der Waals surface area contributed by atoms with Gasteiger partial charge in [0.1, 0.15) is 5.75 Å². The summed E-state index contributed by atoms with van der Waals surface area (Å²) < 4.78 is 5.33. The summed E-state index contributed by atoms with van der Waals surface area (Å²) in [5, 5.41) is 16.7. The first-order chi connectivity index (χ1) is 17.0. The zero-order valence-electron chi connectivity index (χ0n) is 18.5. The third kappa shape index (κ3) is 4.57. The van der Waals surface area contributed by atoms with Crippen LogP contribution in [-0.4, -0.2) is 27.9 Å². The summed E-state index contributed by atoms with van der Waals surface area (Å²) in [5.41, 5.74) is 4.01. The molecule has 0 bridgehead atoms. The lowest BCUT2D eigenvalue weighted by Crippen LogP contribution is -2.13. The van der Waals surface area contributed by atoms with Crippen molar-refractivity contribution in [1.29, 1.82) is 0 Å². The number of hydrogen-bond acceptors (Lipinski definition) is 7. The van der Waals surface area contributed by atoms with Crippen molar-refractivity contribution in [2.24, 2.45) is 0 Å². The van der Waals surface area contributed by atoms with E-state index in [2.05, 4.69) is 10.3 Å². The molecule has 2 heterocycles. The lowest BCUT2D eigenvalue weighted by atomic mass is 10.0. The van der Waals surface area contributed by atoms with Crippen molar-refractivity contribution in [3.63, 3.8) is 0 Å². The van der Waals surface area contributed by atoms with Crippen LogP contribution in [0.2, 0.25) is 0 Å². The Morgan fingerprint density at radius 2 is 1.74 bits per heavy atom. The van der Waals surface area contributed by atoms with Gasteiger partial charge in [-0.25, -0.2) is 9.97 Å². The number of carbonyl (C=O) groups is 1. The Hall–Kier alpha value is -4.63. The van der Waals surface area contributed by atoms with E-state index in [1.165, 1.54) is 23.5 Å². The van der Waals surface area contributed by atoms with Crippen LogP contribution in [0.1, 0.15) is 10.4 Å². The van der Waals surface area contributed by atoms with E-state index in [-0.39, 0.29) is 11.6 Å². The number of carbonyl (C=O) groups excluding carboxylic acids is 1. The molecule has 0 aliphatic rings. The molecule has 0 saturated heterocycles. The molecule has 0 aliphatic carbocycles. The van der Waals surface area contributed by atoms with Gasteiger partial charge in [-0.2, -0.15) is 0 Å². The van der Waals surface area contributed by atoms with Crippen molar-refractivity contribution < 1.29 is 14.5 Å². The number of hydrogen-bond donors (Lipinski definition) is 1. The second-order valence-electron chi connectivity index (χ2n) is 7.60. The van der Waals surface area contributed by atoms with Gasteiger partial charge in [0.2, 0.25) is 0 Å². The van der Waals surface area contributed by atoms with Gasteiger partial charge in [-0.3, -0.25) is 20.2 Å². The number of amides is 1. The Labute approximate surface area is 204 Å². The van der Waals surface area contributed by atoms with E-state index >= 15 is 0 Å². The zero-order valence-corrected chi connectivity index (χ0v) is 19.3. The molecule has 35 heavy (non-hydrogen) atoms. The highest BCUT2D eigenvalue weighted by molar-refractivity contribution is 7.14. The number of benzene rings is 3. The fraction of sp³-hybridized carbons (Fsp3) is 0.0385. The second-order valence-corrected chi connectivity index (χ2v) is 8.46. The van der Waals surface area contributed by atoms with Crippen LogP contribution in [0.25, 0.3) is 33.4 Å². The minimum Gasteiger partial charge on any atom is -0.497 e. The average Bonchev–Trinajstić information content (AvgIpc) is 3.36. The fourth-order valence-corrected chi connectivity index (χ4v) is 4.39. The van der Waals surface area contributed by atoms with Crippen LogP contribution >= 0.6 is 11.3 Å². The quantitative estimate of drug-likeness (QED) is 0.228. The van der Waals surface area contributed by atoms with E-state index in [1.807, 2.05) is 48.5 Å². The number of rotatable bonds is 6. The number of methoxy groups -OCH3 is 1. The van der Waals surface area contributed by atoms with E-state index in [1.54, 1.807) is 30.7 Å². The Morgan fingerprint density at radius 3 is 2.51 bits per heavy atom. The number of nitrogens with one attached hydrogen (secondary N) is 1. The Balaban J connectivity index is 1.46. The average molecular weight is 483 g/mol. The number of thiazole rings is 1. The molecule has 3 aromatic carbocycles. The van der Waals surface area contributed by atoms with Crippen LogP contribution in [0.3, 0.4) is 0 Å².